The van der Waals surface area contributed by atoms with Gasteiger partial charge in [0.05, 0.1) is 17.8 Å². The molecule has 0 atom stereocenters. The summed E-state index contributed by atoms with van der Waals surface area (Å²) in [6.45, 7) is 0.528. The molecule has 4 nitrogen and oxygen atoms in total. The second-order valence-corrected chi connectivity index (χ2v) is 6.13. The summed E-state index contributed by atoms with van der Waals surface area (Å²) >= 11 is 3.36. The van der Waals surface area contributed by atoms with Crippen LogP contribution in [0.15, 0.2) is 47.1 Å². The molecule has 1 aromatic carbocycles. The smallest absolute Gasteiger partial charge is 0.256 e. The molecule has 1 aliphatic rings. The van der Waals surface area contributed by atoms with Crippen molar-refractivity contribution in [2.24, 2.45) is 0 Å². The predicted molar refractivity (Wildman–Crippen MR) is 85.7 cm³/mol. The Morgan fingerprint density at radius 3 is 2.76 bits per heavy atom. The lowest BCUT2D eigenvalue weighted by Crippen LogP contribution is -2.33. The maximum Gasteiger partial charge on any atom is 0.256 e. The lowest BCUT2D eigenvalue weighted by Gasteiger charge is -2.23. The number of amides is 1. The Balaban J connectivity index is 1.85. The topological polar surface area (TPSA) is 59.2 Å². The first-order valence-corrected chi connectivity index (χ1v) is 7.70. The molecule has 1 heterocycles. The molecule has 3 rings (SSSR count). The number of benzene rings is 1. The molecular weight excluding hydrogens is 330 g/mol. The summed E-state index contributed by atoms with van der Waals surface area (Å²) < 4.78 is 0.874. The zero-order valence-corrected chi connectivity index (χ0v) is 13.1. The molecule has 108 valence electrons. The van der Waals surface area contributed by atoms with Crippen LogP contribution in [-0.2, 0) is 6.54 Å². The first-order chi connectivity index (χ1) is 10.1. The van der Waals surface area contributed by atoms with Crippen molar-refractivity contribution in [2.75, 3.05) is 5.73 Å². The van der Waals surface area contributed by atoms with Crippen molar-refractivity contribution in [2.45, 2.75) is 25.4 Å². The Kier molecular flexibility index (Phi) is 3.92. The summed E-state index contributed by atoms with van der Waals surface area (Å²) in [5, 5.41) is 0. The second-order valence-electron chi connectivity index (χ2n) is 5.22. The molecule has 0 bridgehead atoms. The highest BCUT2D eigenvalue weighted by Crippen LogP contribution is 2.31. The fourth-order valence-corrected chi connectivity index (χ4v) is 2.68. The predicted octanol–water partition coefficient (Wildman–Crippen LogP) is 3.23. The monoisotopic (exact) mass is 345 g/mol. The Labute approximate surface area is 132 Å². The van der Waals surface area contributed by atoms with Gasteiger partial charge in [-0.15, -0.1) is 0 Å². The number of aromatic nitrogens is 1. The van der Waals surface area contributed by atoms with Crippen LogP contribution in [0.5, 0.6) is 0 Å². The average Bonchev–Trinajstić information content (AvgIpc) is 3.30. The van der Waals surface area contributed by atoms with Gasteiger partial charge in [0, 0.05) is 22.4 Å². The number of carbonyl (C=O) groups excluding carboxylic acids is 1. The first-order valence-electron chi connectivity index (χ1n) is 6.91. The molecule has 0 radical (unpaired) electrons. The number of nitrogen functional groups attached to an aromatic ring is 1. The van der Waals surface area contributed by atoms with E-state index in [9.17, 15) is 4.79 Å². The number of halogens is 1. The van der Waals surface area contributed by atoms with E-state index in [0.717, 1.165) is 23.0 Å². The summed E-state index contributed by atoms with van der Waals surface area (Å²) in [5.41, 5.74) is 7.94. The zero-order chi connectivity index (χ0) is 14.8. The highest BCUT2D eigenvalue weighted by Gasteiger charge is 2.33. The van der Waals surface area contributed by atoms with Crippen molar-refractivity contribution in [1.29, 1.82) is 0 Å². The lowest BCUT2D eigenvalue weighted by atomic mass is 10.1. The van der Waals surface area contributed by atoms with Crippen LogP contribution in [0.2, 0.25) is 0 Å². The van der Waals surface area contributed by atoms with Crippen molar-refractivity contribution < 1.29 is 4.79 Å². The Morgan fingerprint density at radius 2 is 2.14 bits per heavy atom. The van der Waals surface area contributed by atoms with Crippen LogP contribution < -0.4 is 5.73 Å². The number of nitrogens with zero attached hydrogens (tertiary/aromatic N) is 2. The first kappa shape index (κ1) is 14.1. The normalized spacial score (nSPS) is 14.0. The van der Waals surface area contributed by atoms with Gasteiger partial charge in [0.25, 0.3) is 5.91 Å². The van der Waals surface area contributed by atoms with E-state index in [1.807, 2.05) is 29.2 Å². The fourth-order valence-electron chi connectivity index (χ4n) is 2.30. The van der Waals surface area contributed by atoms with E-state index in [0.29, 0.717) is 23.8 Å². The number of hydrogen-bond donors (Lipinski definition) is 1. The van der Waals surface area contributed by atoms with Crippen LogP contribution in [0.1, 0.15) is 28.9 Å². The molecule has 1 saturated carbocycles. The van der Waals surface area contributed by atoms with Crippen molar-refractivity contribution >= 4 is 27.5 Å². The van der Waals surface area contributed by atoms with Gasteiger partial charge >= 0.3 is 0 Å². The number of anilines is 1. The van der Waals surface area contributed by atoms with Gasteiger partial charge in [0.15, 0.2) is 0 Å². The minimum absolute atomic E-state index is 0.0202. The highest BCUT2D eigenvalue weighted by molar-refractivity contribution is 9.10. The maximum absolute atomic E-state index is 12.8. The van der Waals surface area contributed by atoms with E-state index in [4.69, 9.17) is 5.73 Å². The largest absolute Gasteiger partial charge is 0.398 e. The van der Waals surface area contributed by atoms with E-state index >= 15 is 0 Å². The molecule has 2 N–H and O–H groups in total. The number of hydrogen-bond acceptors (Lipinski definition) is 3. The maximum atomic E-state index is 12.8. The molecule has 2 aromatic rings. The standard InChI is InChI=1S/C16H16BrN3O/c17-11-4-7-14(15(18)9-11)16(21)20(13-5-6-13)10-12-3-1-2-8-19-12/h1-4,7-9,13H,5-6,10,18H2. The minimum Gasteiger partial charge on any atom is -0.398 e. The van der Waals surface area contributed by atoms with Crippen LogP contribution in [0, 0.1) is 0 Å². The molecule has 1 amide bonds. The second kappa shape index (κ2) is 5.85. The molecule has 1 aromatic heterocycles. The molecule has 5 heteroatoms. The van der Waals surface area contributed by atoms with E-state index < -0.39 is 0 Å². The summed E-state index contributed by atoms with van der Waals surface area (Å²) in [6.07, 6.45) is 3.85. The van der Waals surface area contributed by atoms with E-state index in [1.54, 1.807) is 18.3 Å². The molecule has 0 saturated heterocycles. The number of rotatable bonds is 4. The third-order valence-electron chi connectivity index (χ3n) is 3.55. The zero-order valence-electron chi connectivity index (χ0n) is 11.5. The highest BCUT2D eigenvalue weighted by atomic mass is 79.9. The van der Waals surface area contributed by atoms with Crippen molar-refractivity contribution in [3.05, 3.63) is 58.3 Å². The lowest BCUT2D eigenvalue weighted by molar-refractivity contribution is 0.0729. The van der Waals surface area contributed by atoms with Gasteiger partial charge in [-0.25, -0.2) is 0 Å². The van der Waals surface area contributed by atoms with Crippen molar-refractivity contribution in [3.8, 4) is 0 Å². The quantitative estimate of drug-likeness (QED) is 0.865. The third kappa shape index (κ3) is 3.24. The van der Waals surface area contributed by atoms with Crippen LogP contribution >= 0.6 is 15.9 Å². The van der Waals surface area contributed by atoms with E-state index in [-0.39, 0.29) is 5.91 Å². The van der Waals surface area contributed by atoms with E-state index in [1.165, 1.54) is 0 Å². The molecule has 0 aliphatic heterocycles. The van der Waals surface area contributed by atoms with Gasteiger partial charge < -0.3 is 10.6 Å². The summed E-state index contributed by atoms with van der Waals surface area (Å²) in [7, 11) is 0. The Hall–Kier alpha value is -1.88. The van der Waals surface area contributed by atoms with Gasteiger partial charge in [-0.2, -0.15) is 0 Å². The number of nitrogens with two attached hydrogens (primary N) is 1. The van der Waals surface area contributed by atoms with Gasteiger partial charge in [0.1, 0.15) is 0 Å². The summed E-state index contributed by atoms with van der Waals surface area (Å²) in [5.74, 6) is -0.0202. The average molecular weight is 346 g/mol. The van der Waals surface area contributed by atoms with Gasteiger partial charge in [0.2, 0.25) is 0 Å². The van der Waals surface area contributed by atoms with E-state index in [2.05, 4.69) is 20.9 Å². The number of carbonyl (C=O) groups is 1. The van der Waals surface area contributed by atoms with Crippen LogP contribution in [0.3, 0.4) is 0 Å². The fraction of sp³-hybridized carbons (Fsp3) is 0.250. The molecule has 0 spiro atoms. The van der Waals surface area contributed by atoms with Crippen molar-refractivity contribution in [3.63, 3.8) is 0 Å². The minimum atomic E-state index is -0.0202. The molecule has 21 heavy (non-hydrogen) atoms. The molecule has 1 aliphatic carbocycles. The molecular formula is C16H16BrN3O. The Morgan fingerprint density at radius 1 is 1.33 bits per heavy atom. The van der Waals surface area contributed by atoms with Gasteiger partial charge in [-0.3, -0.25) is 9.78 Å². The molecule has 0 unspecified atom stereocenters. The van der Waals surface area contributed by atoms with Crippen molar-refractivity contribution in [1.82, 2.24) is 9.88 Å². The van der Waals surface area contributed by atoms with Crippen LogP contribution in [-0.4, -0.2) is 21.8 Å². The summed E-state index contributed by atoms with van der Waals surface area (Å²) in [6, 6.07) is 11.4. The van der Waals surface area contributed by atoms with Gasteiger partial charge in [-0.05, 0) is 43.2 Å². The van der Waals surface area contributed by atoms with Crippen LogP contribution in [0.4, 0.5) is 5.69 Å². The summed E-state index contributed by atoms with van der Waals surface area (Å²) in [4.78, 5) is 19.0. The van der Waals surface area contributed by atoms with Crippen LogP contribution in [0.25, 0.3) is 0 Å². The molecule has 1 fully saturated rings. The number of pyridine rings is 1. The SMILES string of the molecule is Nc1cc(Br)ccc1C(=O)N(Cc1ccccn1)C1CC1. The van der Waals surface area contributed by atoms with Gasteiger partial charge in [-0.1, -0.05) is 22.0 Å². The Bertz CT molecular complexity index is 656. The third-order valence-corrected chi connectivity index (χ3v) is 4.04.